The van der Waals surface area contributed by atoms with E-state index in [4.69, 9.17) is 0 Å². The van der Waals surface area contributed by atoms with E-state index >= 15 is 0 Å². The molecule has 1 N–H and O–H groups in total. The minimum Gasteiger partial charge on any atom is -0.382 e. The molecule has 1 aliphatic heterocycles. The van der Waals surface area contributed by atoms with Crippen molar-refractivity contribution in [1.82, 2.24) is 4.90 Å². The fraction of sp³-hybridized carbons (Fsp3) is 0.182. The molecule has 0 spiro atoms. The van der Waals surface area contributed by atoms with E-state index in [1.807, 2.05) is 49.5 Å². The fourth-order valence-corrected chi connectivity index (χ4v) is 2.35. The summed E-state index contributed by atoms with van der Waals surface area (Å²) in [7, 11) is 3.81. The van der Waals surface area contributed by atoms with Crippen LogP contribution in [0.3, 0.4) is 0 Å². The Morgan fingerprint density at radius 3 is 2.80 bits per heavy atom. The summed E-state index contributed by atoms with van der Waals surface area (Å²) < 4.78 is 0. The Labute approximate surface area is 93.2 Å². The van der Waals surface area contributed by atoms with Crippen molar-refractivity contribution in [2.45, 2.75) is 4.90 Å². The summed E-state index contributed by atoms with van der Waals surface area (Å²) in [5, 5.41) is 2.86. The number of thioether (sulfide) groups is 1. The highest BCUT2D eigenvalue weighted by atomic mass is 32.2. The van der Waals surface area contributed by atoms with Crippen LogP contribution in [-0.4, -0.2) is 24.9 Å². The molecule has 3 nitrogen and oxygen atoms in total. The normalized spacial score (nSPS) is 17.2. The minimum atomic E-state index is -0.0348. The summed E-state index contributed by atoms with van der Waals surface area (Å²) in [5.74, 6) is -0.0348. The lowest BCUT2D eigenvalue weighted by Crippen LogP contribution is -2.19. The number of amides is 1. The molecule has 0 fully saturated rings. The van der Waals surface area contributed by atoms with Crippen molar-refractivity contribution in [2.24, 2.45) is 0 Å². The van der Waals surface area contributed by atoms with E-state index in [1.54, 1.807) is 0 Å². The molecule has 0 saturated heterocycles. The average molecular weight is 220 g/mol. The van der Waals surface area contributed by atoms with Gasteiger partial charge in [-0.3, -0.25) is 4.79 Å². The van der Waals surface area contributed by atoms with Gasteiger partial charge in [0.25, 0.3) is 5.91 Å². The van der Waals surface area contributed by atoms with Gasteiger partial charge in [0.1, 0.15) is 0 Å². The van der Waals surface area contributed by atoms with Crippen LogP contribution < -0.4 is 5.32 Å². The quantitative estimate of drug-likeness (QED) is 0.736. The number of benzene rings is 1. The molecule has 15 heavy (non-hydrogen) atoms. The molecule has 4 heteroatoms. The Bertz CT molecular complexity index is 426. The van der Waals surface area contributed by atoms with Gasteiger partial charge in [0.05, 0.1) is 10.6 Å². The number of anilines is 1. The fourth-order valence-electron chi connectivity index (χ4n) is 1.33. The molecule has 0 bridgehead atoms. The molecule has 1 aromatic rings. The first-order valence-corrected chi connectivity index (χ1v) is 5.45. The van der Waals surface area contributed by atoms with Gasteiger partial charge in [-0.1, -0.05) is 23.9 Å². The largest absolute Gasteiger partial charge is 0.382 e. The van der Waals surface area contributed by atoms with Crippen molar-refractivity contribution in [3.05, 3.63) is 35.4 Å². The molecule has 1 aromatic carbocycles. The number of para-hydroxylation sites is 1. The summed E-state index contributed by atoms with van der Waals surface area (Å²) in [6, 6.07) is 7.80. The van der Waals surface area contributed by atoms with Crippen molar-refractivity contribution >= 4 is 23.4 Å². The maximum absolute atomic E-state index is 11.7. The molecule has 1 aliphatic rings. The van der Waals surface area contributed by atoms with E-state index in [0.717, 1.165) is 15.5 Å². The van der Waals surface area contributed by atoms with E-state index in [9.17, 15) is 4.79 Å². The van der Waals surface area contributed by atoms with Crippen molar-refractivity contribution < 1.29 is 4.79 Å². The van der Waals surface area contributed by atoms with Gasteiger partial charge in [0.15, 0.2) is 0 Å². The molecule has 2 rings (SSSR count). The van der Waals surface area contributed by atoms with Gasteiger partial charge in [-0.2, -0.15) is 0 Å². The van der Waals surface area contributed by atoms with Crippen LogP contribution in [0.5, 0.6) is 0 Å². The number of nitrogens with one attached hydrogen (secondary N) is 1. The van der Waals surface area contributed by atoms with E-state index < -0.39 is 0 Å². The number of carbonyl (C=O) groups excluding carboxylic acids is 1. The maximum Gasteiger partial charge on any atom is 0.263 e. The molecular weight excluding hydrogens is 208 g/mol. The molecule has 1 amide bonds. The zero-order valence-corrected chi connectivity index (χ0v) is 9.47. The minimum absolute atomic E-state index is 0.0348. The summed E-state index contributed by atoms with van der Waals surface area (Å²) in [5.41, 5.74) is 0.892. The molecule has 0 radical (unpaired) electrons. The summed E-state index contributed by atoms with van der Waals surface area (Å²) >= 11 is 1.50. The molecule has 1 heterocycles. The second-order valence-electron chi connectivity index (χ2n) is 3.51. The summed E-state index contributed by atoms with van der Waals surface area (Å²) in [6.45, 7) is 0. The van der Waals surface area contributed by atoms with Crippen LogP contribution in [0.2, 0.25) is 0 Å². The molecule has 0 aromatic heterocycles. The smallest absolute Gasteiger partial charge is 0.263 e. The van der Waals surface area contributed by atoms with Gasteiger partial charge in [-0.05, 0) is 12.1 Å². The van der Waals surface area contributed by atoms with Crippen LogP contribution >= 0.6 is 11.8 Å². The van der Waals surface area contributed by atoms with Gasteiger partial charge in [-0.25, -0.2) is 0 Å². The predicted molar refractivity (Wildman–Crippen MR) is 62.7 cm³/mol. The molecule has 0 aliphatic carbocycles. The molecule has 0 saturated carbocycles. The highest BCUT2D eigenvalue weighted by molar-refractivity contribution is 8.04. The van der Waals surface area contributed by atoms with Gasteiger partial charge >= 0.3 is 0 Å². The first kappa shape index (κ1) is 10.1. The zero-order chi connectivity index (χ0) is 10.8. The van der Waals surface area contributed by atoms with E-state index in [0.29, 0.717) is 0 Å². The third-order valence-electron chi connectivity index (χ3n) is 1.95. The number of nitrogens with zero attached hydrogens (tertiary/aromatic N) is 1. The Morgan fingerprint density at radius 2 is 2.07 bits per heavy atom. The predicted octanol–water partition coefficient (Wildman–Crippen LogP) is 2.13. The maximum atomic E-state index is 11.7. The standard InChI is InChI=1S/C11H12N2OS/c1-13(2)7-10-11(14)12-8-5-3-4-6-9(8)15-10/h3-7H,1-2H3,(H,12,14). The Kier molecular flexibility index (Phi) is 2.68. The van der Waals surface area contributed by atoms with Crippen molar-refractivity contribution in [3.63, 3.8) is 0 Å². The second-order valence-corrected chi connectivity index (χ2v) is 4.59. The first-order valence-electron chi connectivity index (χ1n) is 4.63. The van der Waals surface area contributed by atoms with Gasteiger partial charge in [-0.15, -0.1) is 0 Å². The summed E-state index contributed by atoms with van der Waals surface area (Å²) in [4.78, 5) is 15.3. The Balaban J connectivity index is 2.34. The zero-order valence-electron chi connectivity index (χ0n) is 8.65. The Morgan fingerprint density at radius 1 is 1.33 bits per heavy atom. The van der Waals surface area contributed by atoms with E-state index in [1.165, 1.54) is 11.8 Å². The van der Waals surface area contributed by atoms with Crippen molar-refractivity contribution in [1.29, 1.82) is 0 Å². The average Bonchev–Trinajstić information content (AvgIpc) is 2.18. The van der Waals surface area contributed by atoms with Gasteiger partial charge in [0, 0.05) is 25.2 Å². The van der Waals surface area contributed by atoms with Gasteiger partial charge in [0.2, 0.25) is 0 Å². The molecule has 0 unspecified atom stereocenters. The highest BCUT2D eigenvalue weighted by Crippen LogP contribution is 2.37. The van der Waals surface area contributed by atoms with Crippen molar-refractivity contribution in [3.8, 4) is 0 Å². The topological polar surface area (TPSA) is 32.3 Å². The third-order valence-corrected chi connectivity index (χ3v) is 3.04. The summed E-state index contributed by atoms with van der Waals surface area (Å²) in [6.07, 6.45) is 1.83. The van der Waals surface area contributed by atoms with Crippen LogP contribution in [0.25, 0.3) is 0 Å². The SMILES string of the molecule is CN(C)C=C1Sc2ccccc2NC1=O. The number of carbonyl (C=O) groups is 1. The second kappa shape index (κ2) is 3.98. The lowest BCUT2D eigenvalue weighted by molar-refractivity contribution is -0.112. The molecule has 78 valence electrons. The molecular formula is C11H12N2OS. The third kappa shape index (κ3) is 2.15. The van der Waals surface area contributed by atoms with Crippen LogP contribution in [0.1, 0.15) is 0 Å². The van der Waals surface area contributed by atoms with Crippen LogP contribution in [-0.2, 0) is 4.79 Å². The first-order chi connectivity index (χ1) is 7.16. The van der Waals surface area contributed by atoms with Crippen LogP contribution in [0.15, 0.2) is 40.3 Å². The monoisotopic (exact) mass is 220 g/mol. The van der Waals surface area contributed by atoms with Crippen LogP contribution in [0.4, 0.5) is 5.69 Å². The van der Waals surface area contributed by atoms with Crippen molar-refractivity contribution in [2.75, 3.05) is 19.4 Å². The lowest BCUT2D eigenvalue weighted by Gasteiger charge is -2.19. The van der Waals surface area contributed by atoms with Crippen LogP contribution in [0, 0.1) is 0 Å². The van der Waals surface area contributed by atoms with E-state index in [2.05, 4.69) is 5.32 Å². The number of fused-ring (bicyclic) bond motifs is 1. The van der Waals surface area contributed by atoms with E-state index in [-0.39, 0.29) is 5.91 Å². The lowest BCUT2D eigenvalue weighted by atomic mass is 10.3. The molecule has 0 atom stereocenters. The number of hydrogen-bond donors (Lipinski definition) is 1. The highest BCUT2D eigenvalue weighted by Gasteiger charge is 2.20. The Hall–Kier alpha value is -1.42. The number of hydrogen-bond acceptors (Lipinski definition) is 3. The van der Waals surface area contributed by atoms with Gasteiger partial charge < -0.3 is 10.2 Å². The number of rotatable bonds is 1.